The fraction of sp³-hybridized carbons (Fsp3) is 1.00. The summed E-state index contributed by atoms with van der Waals surface area (Å²) in [7, 11) is 0. The topological polar surface area (TPSA) is 15.3 Å². The molecule has 0 aromatic heterocycles. The Labute approximate surface area is 119 Å². The second-order valence-corrected chi connectivity index (χ2v) is 7.43. The Bertz CT molecular complexity index is 284. The van der Waals surface area contributed by atoms with Gasteiger partial charge in [0.2, 0.25) is 0 Å². The van der Waals surface area contributed by atoms with Crippen LogP contribution in [0, 0.1) is 5.41 Å². The van der Waals surface area contributed by atoms with Crippen LogP contribution < -0.4 is 5.32 Å². The predicted molar refractivity (Wildman–Crippen MR) is 81.4 cm³/mol. The molecule has 2 atom stereocenters. The van der Waals surface area contributed by atoms with Crippen molar-refractivity contribution < 1.29 is 0 Å². The van der Waals surface area contributed by atoms with Gasteiger partial charge in [-0.15, -0.1) is 0 Å². The molecule has 1 aliphatic carbocycles. The molecule has 2 aliphatic heterocycles. The van der Waals surface area contributed by atoms with Crippen LogP contribution in [0.5, 0.6) is 0 Å². The number of rotatable bonds is 7. The summed E-state index contributed by atoms with van der Waals surface area (Å²) < 4.78 is 0. The third-order valence-corrected chi connectivity index (χ3v) is 5.82. The first kappa shape index (κ1) is 13.9. The van der Waals surface area contributed by atoms with Crippen molar-refractivity contribution >= 4 is 0 Å². The molecule has 0 amide bonds. The average Bonchev–Trinajstić information content (AvgIpc) is 3.11. The fourth-order valence-corrected chi connectivity index (χ4v) is 4.63. The maximum Gasteiger partial charge on any atom is 0.0114 e. The van der Waals surface area contributed by atoms with E-state index in [0.717, 1.165) is 23.5 Å². The van der Waals surface area contributed by atoms with Gasteiger partial charge in [0.1, 0.15) is 0 Å². The van der Waals surface area contributed by atoms with Crippen LogP contribution in [0.3, 0.4) is 0 Å². The van der Waals surface area contributed by atoms with Crippen molar-refractivity contribution in [1.82, 2.24) is 10.2 Å². The van der Waals surface area contributed by atoms with Crippen LogP contribution in [0.4, 0.5) is 0 Å². The van der Waals surface area contributed by atoms with E-state index >= 15 is 0 Å². The number of hydrogen-bond acceptors (Lipinski definition) is 2. The van der Waals surface area contributed by atoms with Gasteiger partial charge in [0.05, 0.1) is 0 Å². The minimum Gasteiger partial charge on any atom is -0.314 e. The Balaban J connectivity index is 1.54. The van der Waals surface area contributed by atoms with Gasteiger partial charge < -0.3 is 5.32 Å². The molecule has 0 aromatic rings. The maximum atomic E-state index is 3.77. The van der Waals surface area contributed by atoms with Crippen LogP contribution >= 0.6 is 0 Å². The van der Waals surface area contributed by atoms with Crippen molar-refractivity contribution in [3.63, 3.8) is 0 Å². The third-order valence-electron chi connectivity index (χ3n) is 5.82. The van der Waals surface area contributed by atoms with Gasteiger partial charge in [-0.2, -0.15) is 0 Å². The first-order valence-electron chi connectivity index (χ1n) is 8.75. The summed E-state index contributed by atoms with van der Waals surface area (Å²) in [6, 6.07) is 2.62. The molecule has 2 heteroatoms. The maximum absolute atomic E-state index is 3.77. The molecule has 2 saturated heterocycles. The van der Waals surface area contributed by atoms with Crippen LogP contribution in [0.15, 0.2) is 0 Å². The SMILES string of the molecule is CCCNC1CC2CCC(C1)N2CC1(CCC)CC1. The summed E-state index contributed by atoms with van der Waals surface area (Å²) in [5, 5.41) is 3.77. The zero-order valence-corrected chi connectivity index (χ0v) is 13.0. The molecule has 2 heterocycles. The molecular weight excluding hydrogens is 232 g/mol. The van der Waals surface area contributed by atoms with Gasteiger partial charge in [-0.05, 0) is 63.3 Å². The molecule has 3 rings (SSSR count). The van der Waals surface area contributed by atoms with Gasteiger partial charge >= 0.3 is 0 Å². The summed E-state index contributed by atoms with van der Waals surface area (Å²) in [5.41, 5.74) is 0.749. The third kappa shape index (κ3) is 3.00. The second-order valence-electron chi connectivity index (χ2n) is 7.43. The Kier molecular flexibility index (Phi) is 4.19. The predicted octanol–water partition coefficient (Wildman–Crippen LogP) is 3.56. The smallest absolute Gasteiger partial charge is 0.0114 e. The lowest BCUT2D eigenvalue weighted by Crippen LogP contribution is -2.50. The molecule has 0 spiro atoms. The van der Waals surface area contributed by atoms with Gasteiger partial charge in [-0.3, -0.25) is 4.90 Å². The van der Waals surface area contributed by atoms with Gasteiger partial charge in [-0.1, -0.05) is 20.3 Å². The van der Waals surface area contributed by atoms with Gasteiger partial charge in [-0.25, -0.2) is 0 Å². The lowest BCUT2D eigenvalue weighted by molar-refractivity contribution is 0.0894. The number of piperidine rings is 1. The average molecular weight is 264 g/mol. The number of nitrogens with one attached hydrogen (secondary N) is 1. The van der Waals surface area contributed by atoms with Crippen molar-refractivity contribution in [2.24, 2.45) is 5.41 Å². The van der Waals surface area contributed by atoms with Crippen LogP contribution in [-0.2, 0) is 0 Å². The molecule has 0 aromatic carbocycles. The highest BCUT2D eigenvalue weighted by atomic mass is 15.2. The first-order chi connectivity index (χ1) is 9.26. The fourth-order valence-electron chi connectivity index (χ4n) is 4.63. The normalized spacial score (nSPS) is 36.6. The highest BCUT2D eigenvalue weighted by Crippen LogP contribution is 2.52. The van der Waals surface area contributed by atoms with E-state index in [0.29, 0.717) is 0 Å². The van der Waals surface area contributed by atoms with E-state index in [1.807, 2.05) is 0 Å². The zero-order valence-electron chi connectivity index (χ0n) is 13.0. The van der Waals surface area contributed by atoms with Crippen LogP contribution in [0.2, 0.25) is 0 Å². The minimum atomic E-state index is 0.749. The molecule has 1 N–H and O–H groups in total. The van der Waals surface area contributed by atoms with E-state index in [-0.39, 0.29) is 0 Å². The van der Waals surface area contributed by atoms with Crippen molar-refractivity contribution in [2.75, 3.05) is 13.1 Å². The van der Waals surface area contributed by atoms with Gasteiger partial charge in [0.25, 0.3) is 0 Å². The summed E-state index contributed by atoms with van der Waals surface area (Å²) in [6.07, 6.45) is 12.9. The Morgan fingerprint density at radius 1 is 1.05 bits per heavy atom. The Morgan fingerprint density at radius 2 is 1.74 bits per heavy atom. The number of hydrogen-bond donors (Lipinski definition) is 1. The summed E-state index contributed by atoms with van der Waals surface area (Å²) in [6.45, 7) is 7.27. The summed E-state index contributed by atoms with van der Waals surface area (Å²) in [4.78, 5) is 2.92. The van der Waals surface area contributed by atoms with E-state index in [2.05, 4.69) is 24.1 Å². The van der Waals surface area contributed by atoms with Crippen molar-refractivity contribution in [3.8, 4) is 0 Å². The van der Waals surface area contributed by atoms with E-state index in [1.54, 1.807) is 0 Å². The lowest BCUT2D eigenvalue weighted by atomic mass is 9.93. The molecule has 110 valence electrons. The molecule has 2 bridgehead atoms. The molecule has 2 unspecified atom stereocenters. The standard InChI is InChI=1S/C17H32N2/c1-3-7-17(8-9-17)13-19-15-5-6-16(19)12-14(11-15)18-10-4-2/h14-16,18H,3-13H2,1-2H3. The van der Waals surface area contributed by atoms with E-state index in [9.17, 15) is 0 Å². The molecule has 3 fully saturated rings. The van der Waals surface area contributed by atoms with Crippen LogP contribution in [0.25, 0.3) is 0 Å². The van der Waals surface area contributed by atoms with E-state index < -0.39 is 0 Å². The van der Waals surface area contributed by atoms with Gasteiger partial charge in [0.15, 0.2) is 0 Å². The van der Waals surface area contributed by atoms with Crippen molar-refractivity contribution in [2.45, 2.75) is 89.8 Å². The highest BCUT2D eigenvalue weighted by molar-refractivity contribution is 5.03. The van der Waals surface area contributed by atoms with Crippen LogP contribution in [-0.4, -0.2) is 36.1 Å². The number of fused-ring (bicyclic) bond motifs is 2. The van der Waals surface area contributed by atoms with Crippen molar-refractivity contribution in [3.05, 3.63) is 0 Å². The Hall–Kier alpha value is -0.0800. The first-order valence-corrected chi connectivity index (χ1v) is 8.75. The summed E-state index contributed by atoms with van der Waals surface area (Å²) >= 11 is 0. The molecule has 2 nitrogen and oxygen atoms in total. The Morgan fingerprint density at radius 3 is 2.26 bits per heavy atom. The molecular formula is C17H32N2. The minimum absolute atomic E-state index is 0.749. The van der Waals surface area contributed by atoms with Crippen LogP contribution in [0.1, 0.15) is 71.6 Å². The summed E-state index contributed by atoms with van der Waals surface area (Å²) in [5.74, 6) is 0. The second kappa shape index (κ2) is 5.73. The van der Waals surface area contributed by atoms with Crippen molar-refractivity contribution in [1.29, 1.82) is 0 Å². The highest BCUT2D eigenvalue weighted by Gasteiger charge is 2.48. The van der Waals surface area contributed by atoms with E-state index in [1.165, 1.54) is 70.9 Å². The molecule has 3 aliphatic rings. The lowest BCUT2D eigenvalue weighted by Gasteiger charge is -2.41. The quantitative estimate of drug-likeness (QED) is 0.756. The van der Waals surface area contributed by atoms with E-state index in [4.69, 9.17) is 0 Å². The molecule has 19 heavy (non-hydrogen) atoms. The zero-order chi connectivity index (χ0) is 13.3. The number of nitrogens with zero attached hydrogens (tertiary/aromatic N) is 1. The molecule has 0 radical (unpaired) electrons. The monoisotopic (exact) mass is 264 g/mol. The molecule has 1 saturated carbocycles. The largest absolute Gasteiger partial charge is 0.314 e. The van der Waals surface area contributed by atoms with Gasteiger partial charge in [0, 0.05) is 24.7 Å².